The van der Waals surface area contributed by atoms with Gasteiger partial charge < -0.3 is 19.5 Å². The van der Waals surface area contributed by atoms with E-state index in [4.69, 9.17) is 4.74 Å². The van der Waals surface area contributed by atoms with Crippen molar-refractivity contribution in [1.29, 1.82) is 0 Å². The smallest absolute Gasteiger partial charge is 0.276 e. The summed E-state index contributed by atoms with van der Waals surface area (Å²) in [6.07, 6.45) is 1.58. The van der Waals surface area contributed by atoms with Crippen LogP contribution in [-0.4, -0.2) is 47.5 Å². The van der Waals surface area contributed by atoms with Gasteiger partial charge in [0, 0.05) is 43.5 Å². The molecule has 0 radical (unpaired) electrons. The Hall–Kier alpha value is -3.21. The lowest BCUT2D eigenvalue weighted by Crippen LogP contribution is -2.60. The molecule has 4 heterocycles. The molecule has 1 aromatic carbocycles. The molecule has 0 amide bonds. The minimum Gasteiger partial charge on any atom is -0.381 e. The number of fused-ring (bicyclic) bond motifs is 1. The van der Waals surface area contributed by atoms with Gasteiger partial charge in [-0.25, -0.2) is 27.5 Å². The Balaban J connectivity index is 1.45. The SMILES string of the molecule is Cc1nc(N[C@H](C)c2cccc(C(F)F)c2F)c2cn(C3(CF)CC3)c(=O)c(N3CC4(CCOCC4)C3)c2n1. The van der Waals surface area contributed by atoms with E-state index >= 15 is 0 Å². The van der Waals surface area contributed by atoms with Gasteiger partial charge in [0.05, 0.1) is 22.5 Å². The monoisotopic (exact) mass is 545 g/mol. The number of aryl methyl sites for hydroxylation is 1. The zero-order chi connectivity index (χ0) is 27.5. The third kappa shape index (κ3) is 4.34. The van der Waals surface area contributed by atoms with E-state index in [1.165, 1.54) is 16.7 Å². The summed E-state index contributed by atoms with van der Waals surface area (Å²) in [7, 11) is 0. The molecule has 6 rings (SSSR count). The average molecular weight is 546 g/mol. The van der Waals surface area contributed by atoms with Crippen molar-refractivity contribution in [3.63, 3.8) is 0 Å². The van der Waals surface area contributed by atoms with Crippen LogP contribution in [0.1, 0.15) is 62.0 Å². The second-order valence-corrected chi connectivity index (χ2v) is 11.3. The molecule has 3 aliphatic rings. The number of alkyl halides is 3. The Morgan fingerprint density at radius 3 is 2.44 bits per heavy atom. The molecule has 1 aliphatic carbocycles. The van der Waals surface area contributed by atoms with Crippen LogP contribution in [0, 0.1) is 18.2 Å². The number of rotatable bonds is 7. The van der Waals surface area contributed by atoms with Gasteiger partial charge in [0.25, 0.3) is 12.0 Å². The zero-order valence-electron chi connectivity index (χ0n) is 21.9. The van der Waals surface area contributed by atoms with Crippen LogP contribution in [0.25, 0.3) is 10.9 Å². The van der Waals surface area contributed by atoms with Crippen LogP contribution in [-0.2, 0) is 10.3 Å². The van der Waals surface area contributed by atoms with Crippen LogP contribution in [0.3, 0.4) is 0 Å². The number of aromatic nitrogens is 3. The van der Waals surface area contributed by atoms with Gasteiger partial charge in [-0.15, -0.1) is 0 Å². The Labute approximate surface area is 223 Å². The molecular formula is C28H31F4N5O2. The number of nitrogens with zero attached hydrogens (tertiary/aromatic N) is 4. The van der Waals surface area contributed by atoms with Crippen LogP contribution in [0.15, 0.2) is 29.2 Å². The largest absolute Gasteiger partial charge is 0.381 e. The summed E-state index contributed by atoms with van der Waals surface area (Å²) < 4.78 is 62.8. The summed E-state index contributed by atoms with van der Waals surface area (Å²) in [4.78, 5) is 25.1. The highest BCUT2D eigenvalue weighted by molar-refractivity contribution is 5.97. The van der Waals surface area contributed by atoms with E-state index < -0.39 is 36.1 Å². The molecule has 2 aliphatic heterocycles. The van der Waals surface area contributed by atoms with Crippen molar-refractivity contribution in [3.8, 4) is 0 Å². The molecule has 1 N–H and O–H groups in total. The van der Waals surface area contributed by atoms with E-state index in [0.29, 0.717) is 67.4 Å². The Morgan fingerprint density at radius 1 is 1.10 bits per heavy atom. The molecule has 0 bridgehead atoms. The molecule has 2 saturated heterocycles. The fourth-order valence-electron chi connectivity index (χ4n) is 6.01. The molecule has 1 atom stereocenters. The highest BCUT2D eigenvalue weighted by atomic mass is 19.3. The van der Waals surface area contributed by atoms with Crippen molar-refractivity contribution < 1.29 is 22.3 Å². The molecule has 0 unspecified atom stereocenters. The van der Waals surface area contributed by atoms with E-state index in [1.807, 2.05) is 4.90 Å². The lowest BCUT2D eigenvalue weighted by molar-refractivity contribution is -0.000227. The number of benzene rings is 1. The van der Waals surface area contributed by atoms with Crippen LogP contribution in [0.2, 0.25) is 0 Å². The van der Waals surface area contributed by atoms with Gasteiger partial charge in [0.15, 0.2) is 0 Å². The number of nitrogens with one attached hydrogen (secondary N) is 1. The summed E-state index contributed by atoms with van der Waals surface area (Å²) in [6, 6.07) is 3.18. The lowest BCUT2D eigenvalue weighted by Gasteiger charge is -2.53. The summed E-state index contributed by atoms with van der Waals surface area (Å²) >= 11 is 0. The number of anilines is 2. The van der Waals surface area contributed by atoms with Crippen LogP contribution < -0.4 is 15.8 Å². The minimum atomic E-state index is -2.94. The maximum atomic E-state index is 14.9. The van der Waals surface area contributed by atoms with E-state index in [2.05, 4.69) is 15.3 Å². The van der Waals surface area contributed by atoms with Gasteiger partial charge in [-0.2, -0.15) is 0 Å². The van der Waals surface area contributed by atoms with E-state index in [-0.39, 0.29) is 16.5 Å². The summed E-state index contributed by atoms with van der Waals surface area (Å²) in [6.45, 7) is 5.42. The molecule has 1 saturated carbocycles. The Kier molecular flexibility index (Phi) is 6.32. The molecule has 39 heavy (non-hydrogen) atoms. The van der Waals surface area contributed by atoms with E-state index in [1.54, 1.807) is 20.0 Å². The Morgan fingerprint density at radius 2 is 1.79 bits per heavy atom. The topological polar surface area (TPSA) is 72.3 Å². The molecule has 208 valence electrons. The Bertz CT molecular complexity index is 1480. The first-order chi connectivity index (χ1) is 18.7. The van der Waals surface area contributed by atoms with Crippen molar-refractivity contribution in [1.82, 2.24) is 14.5 Å². The number of pyridine rings is 1. The predicted octanol–water partition coefficient (Wildman–Crippen LogP) is 5.43. The minimum absolute atomic E-state index is 0.0670. The van der Waals surface area contributed by atoms with Crippen LogP contribution in [0.5, 0.6) is 0 Å². The molecule has 3 aromatic rings. The molecular weight excluding hydrogens is 514 g/mol. The standard InChI is InChI=1S/C28H31F4N5O2/c1-16(18-4-3-5-19(21(18)30)24(31)32)33-25-20-12-37(28(13-29)6-7-28)26(38)23(22(20)34-17(2)35-25)36-14-27(15-36)8-10-39-11-9-27/h3-5,12,16,24H,6-11,13-15H2,1-2H3,(H,33,34,35)/t16-/m1/s1. The van der Waals surface area contributed by atoms with Crippen molar-refractivity contribution in [3.05, 3.63) is 57.5 Å². The number of hydrogen-bond donors (Lipinski definition) is 1. The van der Waals surface area contributed by atoms with Crippen molar-refractivity contribution in [2.75, 3.05) is 43.2 Å². The second-order valence-electron chi connectivity index (χ2n) is 11.3. The quantitative estimate of drug-likeness (QED) is 0.400. The molecule has 3 fully saturated rings. The fourth-order valence-corrected chi connectivity index (χ4v) is 6.01. The molecule has 2 aromatic heterocycles. The normalized spacial score (nSPS) is 20.3. The number of hydrogen-bond acceptors (Lipinski definition) is 6. The number of ether oxygens (including phenoxy) is 1. The van der Waals surface area contributed by atoms with Crippen molar-refractivity contribution >= 4 is 22.4 Å². The predicted molar refractivity (Wildman–Crippen MR) is 140 cm³/mol. The number of halogens is 4. The van der Waals surface area contributed by atoms with Gasteiger partial charge in [0.2, 0.25) is 0 Å². The second kappa shape index (κ2) is 9.46. The van der Waals surface area contributed by atoms with E-state index in [0.717, 1.165) is 18.9 Å². The van der Waals surface area contributed by atoms with E-state index in [9.17, 15) is 22.4 Å². The lowest BCUT2D eigenvalue weighted by atomic mass is 9.73. The summed E-state index contributed by atoms with van der Waals surface area (Å²) in [5.74, 6) is -0.250. The first-order valence-corrected chi connectivity index (χ1v) is 13.3. The maximum absolute atomic E-state index is 14.9. The van der Waals surface area contributed by atoms with Gasteiger partial charge in [0.1, 0.15) is 35.3 Å². The van der Waals surface area contributed by atoms with Crippen molar-refractivity contribution in [2.24, 2.45) is 5.41 Å². The average Bonchev–Trinajstić information content (AvgIpc) is 3.69. The first-order valence-electron chi connectivity index (χ1n) is 13.3. The van der Waals surface area contributed by atoms with Gasteiger partial charge in [-0.1, -0.05) is 18.2 Å². The van der Waals surface area contributed by atoms with Crippen LogP contribution in [0.4, 0.5) is 29.1 Å². The van der Waals surface area contributed by atoms with Crippen molar-refractivity contribution in [2.45, 2.75) is 57.5 Å². The zero-order valence-corrected chi connectivity index (χ0v) is 21.9. The highest BCUT2D eigenvalue weighted by Gasteiger charge is 2.49. The highest BCUT2D eigenvalue weighted by Crippen LogP contribution is 2.46. The first kappa shape index (κ1) is 26.0. The van der Waals surface area contributed by atoms with Gasteiger partial charge in [-0.05, 0) is 39.5 Å². The van der Waals surface area contributed by atoms with Crippen LogP contribution >= 0.6 is 0 Å². The third-order valence-corrected chi connectivity index (χ3v) is 8.58. The van der Waals surface area contributed by atoms with Gasteiger partial charge in [-0.3, -0.25) is 4.79 Å². The third-order valence-electron chi connectivity index (χ3n) is 8.58. The van der Waals surface area contributed by atoms with Gasteiger partial charge >= 0.3 is 0 Å². The molecule has 7 nitrogen and oxygen atoms in total. The maximum Gasteiger partial charge on any atom is 0.276 e. The summed E-state index contributed by atoms with van der Waals surface area (Å²) in [5, 5.41) is 3.66. The molecule has 11 heteroatoms. The molecule has 1 spiro atoms. The summed E-state index contributed by atoms with van der Waals surface area (Å²) in [5.41, 5.74) is -0.843. The fraction of sp³-hybridized carbons (Fsp3) is 0.536.